The highest BCUT2D eigenvalue weighted by atomic mass is 15.2. The maximum Gasteiger partial charge on any atom is 0.0119 e. The van der Waals surface area contributed by atoms with E-state index < -0.39 is 0 Å². The van der Waals surface area contributed by atoms with Crippen molar-refractivity contribution in [1.29, 1.82) is 0 Å². The number of nitrogens with two attached hydrogens (primary N) is 1. The number of hydrogen-bond donors (Lipinski definition) is 1. The van der Waals surface area contributed by atoms with Gasteiger partial charge in [0.2, 0.25) is 0 Å². The highest BCUT2D eigenvalue weighted by Crippen LogP contribution is 2.33. The Kier molecular flexibility index (Phi) is 4.87. The van der Waals surface area contributed by atoms with Crippen LogP contribution < -0.4 is 5.73 Å². The molecule has 2 N–H and O–H groups in total. The standard InChI is InChI=1S/C15H30N2/c1-12(2)15-8-5-9-17(15)11-14-7-4-3-6-13(14)10-16/h12-15H,3-11,16H2,1-2H3. The average molecular weight is 238 g/mol. The molecule has 1 aliphatic heterocycles. The van der Waals surface area contributed by atoms with E-state index >= 15 is 0 Å². The molecule has 2 nitrogen and oxygen atoms in total. The predicted molar refractivity (Wildman–Crippen MR) is 73.9 cm³/mol. The van der Waals surface area contributed by atoms with Crippen molar-refractivity contribution in [2.45, 2.75) is 58.4 Å². The van der Waals surface area contributed by atoms with E-state index in [1.807, 2.05) is 0 Å². The lowest BCUT2D eigenvalue weighted by Gasteiger charge is -2.36. The number of hydrogen-bond acceptors (Lipinski definition) is 2. The van der Waals surface area contributed by atoms with Gasteiger partial charge in [-0.15, -0.1) is 0 Å². The molecule has 0 aromatic carbocycles. The molecular formula is C15H30N2. The number of nitrogens with zero attached hydrogens (tertiary/aromatic N) is 1. The van der Waals surface area contributed by atoms with Crippen LogP contribution in [0.3, 0.4) is 0 Å². The van der Waals surface area contributed by atoms with Crippen LogP contribution in [0.15, 0.2) is 0 Å². The molecule has 3 atom stereocenters. The summed E-state index contributed by atoms with van der Waals surface area (Å²) in [6, 6.07) is 0.843. The SMILES string of the molecule is CC(C)C1CCCN1CC1CCCCC1CN. The molecule has 0 aromatic rings. The Hall–Kier alpha value is -0.0800. The van der Waals surface area contributed by atoms with Crippen LogP contribution in [-0.2, 0) is 0 Å². The fourth-order valence-corrected chi connectivity index (χ4v) is 3.97. The molecule has 1 heterocycles. The van der Waals surface area contributed by atoms with Crippen LogP contribution in [0.25, 0.3) is 0 Å². The molecule has 100 valence electrons. The van der Waals surface area contributed by atoms with E-state index in [0.717, 1.165) is 30.3 Å². The molecule has 2 fully saturated rings. The Labute approximate surface area is 107 Å². The molecule has 1 saturated heterocycles. The van der Waals surface area contributed by atoms with E-state index in [9.17, 15) is 0 Å². The van der Waals surface area contributed by atoms with Crippen molar-refractivity contribution in [2.24, 2.45) is 23.5 Å². The summed E-state index contributed by atoms with van der Waals surface area (Å²) in [5.41, 5.74) is 5.94. The lowest BCUT2D eigenvalue weighted by atomic mass is 9.79. The third-order valence-electron chi connectivity index (χ3n) is 5.02. The van der Waals surface area contributed by atoms with E-state index in [-0.39, 0.29) is 0 Å². The molecule has 1 saturated carbocycles. The van der Waals surface area contributed by atoms with E-state index in [1.54, 1.807) is 0 Å². The second-order valence-electron chi connectivity index (χ2n) is 6.49. The monoisotopic (exact) mass is 238 g/mol. The summed E-state index contributed by atoms with van der Waals surface area (Å²) in [6.07, 6.45) is 8.46. The van der Waals surface area contributed by atoms with Gasteiger partial charge in [-0.3, -0.25) is 4.90 Å². The Bertz CT molecular complexity index is 227. The van der Waals surface area contributed by atoms with Gasteiger partial charge in [0.1, 0.15) is 0 Å². The zero-order valence-electron chi connectivity index (χ0n) is 11.7. The Balaban J connectivity index is 1.90. The second-order valence-corrected chi connectivity index (χ2v) is 6.49. The van der Waals surface area contributed by atoms with Crippen molar-refractivity contribution in [3.05, 3.63) is 0 Å². The fourth-order valence-electron chi connectivity index (χ4n) is 3.97. The molecule has 0 aromatic heterocycles. The summed E-state index contributed by atoms with van der Waals surface area (Å²) in [4.78, 5) is 2.77. The molecule has 0 bridgehead atoms. The molecule has 2 heteroatoms. The molecule has 17 heavy (non-hydrogen) atoms. The summed E-state index contributed by atoms with van der Waals surface area (Å²) < 4.78 is 0. The zero-order chi connectivity index (χ0) is 12.3. The van der Waals surface area contributed by atoms with Gasteiger partial charge in [-0.2, -0.15) is 0 Å². The molecule has 1 aliphatic carbocycles. The minimum atomic E-state index is 0.803. The van der Waals surface area contributed by atoms with Crippen molar-refractivity contribution < 1.29 is 0 Å². The molecule has 0 spiro atoms. The maximum atomic E-state index is 5.94. The summed E-state index contributed by atoms with van der Waals surface area (Å²) in [5, 5.41) is 0. The number of likely N-dealkylation sites (tertiary alicyclic amines) is 1. The predicted octanol–water partition coefficient (Wildman–Crippen LogP) is 2.87. The van der Waals surface area contributed by atoms with Crippen LogP contribution in [0.5, 0.6) is 0 Å². The van der Waals surface area contributed by atoms with Crippen molar-refractivity contribution in [3.63, 3.8) is 0 Å². The van der Waals surface area contributed by atoms with Gasteiger partial charge in [0.05, 0.1) is 0 Å². The summed E-state index contributed by atoms with van der Waals surface area (Å²) in [6.45, 7) is 8.32. The highest BCUT2D eigenvalue weighted by Gasteiger charge is 2.32. The first-order valence-corrected chi connectivity index (χ1v) is 7.66. The first-order valence-electron chi connectivity index (χ1n) is 7.66. The highest BCUT2D eigenvalue weighted by molar-refractivity contribution is 4.86. The van der Waals surface area contributed by atoms with Crippen LogP contribution in [0.1, 0.15) is 52.4 Å². The van der Waals surface area contributed by atoms with Gasteiger partial charge in [-0.05, 0) is 56.5 Å². The van der Waals surface area contributed by atoms with Gasteiger partial charge in [-0.25, -0.2) is 0 Å². The average Bonchev–Trinajstić information content (AvgIpc) is 2.78. The molecule has 0 radical (unpaired) electrons. The van der Waals surface area contributed by atoms with Crippen molar-refractivity contribution in [2.75, 3.05) is 19.6 Å². The summed E-state index contributed by atoms with van der Waals surface area (Å²) >= 11 is 0. The Morgan fingerprint density at radius 2 is 1.76 bits per heavy atom. The van der Waals surface area contributed by atoms with Crippen LogP contribution in [0, 0.1) is 17.8 Å². The third kappa shape index (κ3) is 3.23. The van der Waals surface area contributed by atoms with Gasteiger partial charge in [-0.1, -0.05) is 26.7 Å². The number of rotatable bonds is 4. The van der Waals surface area contributed by atoms with Gasteiger partial charge >= 0.3 is 0 Å². The van der Waals surface area contributed by atoms with Gasteiger partial charge in [0.15, 0.2) is 0 Å². The van der Waals surface area contributed by atoms with E-state index in [0.29, 0.717) is 0 Å². The van der Waals surface area contributed by atoms with Crippen molar-refractivity contribution in [3.8, 4) is 0 Å². The summed E-state index contributed by atoms with van der Waals surface area (Å²) in [5.74, 6) is 2.50. The lowest BCUT2D eigenvalue weighted by molar-refractivity contribution is 0.127. The van der Waals surface area contributed by atoms with Gasteiger partial charge < -0.3 is 5.73 Å². The van der Waals surface area contributed by atoms with Crippen molar-refractivity contribution >= 4 is 0 Å². The quantitative estimate of drug-likeness (QED) is 0.816. The minimum Gasteiger partial charge on any atom is -0.330 e. The molecular weight excluding hydrogens is 208 g/mol. The first-order chi connectivity index (χ1) is 8.22. The first kappa shape index (κ1) is 13.4. The summed E-state index contributed by atoms with van der Waals surface area (Å²) in [7, 11) is 0. The van der Waals surface area contributed by atoms with Gasteiger partial charge in [0.25, 0.3) is 0 Å². The molecule has 2 rings (SSSR count). The molecule has 2 aliphatic rings. The maximum absolute atomic E-state index is 5.94. The third-order valence-corrected chi connectivity index (χ3v) is 5.02. The van der Waals surface area contributed by atoms with Crippen molar-refractivity contribution in [1.82, 2.24) is 4.90 Å². The fraction of sp³-hybridized carbons (Fsp3) is 1.00. The minimum absolute atomic E-state index is 0.803. The Morgan fingerprint density at radius 1 is 1.06 bits per heavy atom. The van der Waals surface area contributed by atoms with Crippen LogP contribution in [0.4, 0.5) is 0 Å². The van der Waals surface area contributed by atoms with Crippen LogP contribution in [-0.4, -0.2) is 30.6 Å². The normalized spacial score (nSPS) is 35.6. The van der Waals surface area contributed by atoms with Crippen LogP contribution >= 0.6 is 0 Å². The topological polar surface area (TPSA) is 29.3 Å². The van der Waals surface area contributed by atoms with E-state index in [1.165, 1.54) is 51.6 Å². The molecule has 3 unspecified atom stereocenters. The largest absolute Gasteiger partial charge is 0.330 e. The van der Waals surface area contributed by atoms with E-state index in [2.05, 4.69) is 18.7 Å². The second kappa shape index (κ2) is 6.19. The van der Waals surface area contributed by atoms with Gasteiger partial charge in [0, 0.05) is 12.6 Å². The molecule has 0 amide bonds. The van der Waals surface area contributed by atoms with Crippen LogP contribution in [0.2, 0.25) is 0 Å². The Morgan fingerprint density at radius 3 is 2.41 bits per heavy atom. The smallest absolute Gasteiger partial charge is 0.0119 e. The zero-order valence-corrected chi connectivity index (χ0v) is 11.7. The lowest BCUT2D eigenvalue weighted by Crippen LogP contribution is -2.41. The van der Waals surface area contributed by atoms with E-state index in [4.69, 9.17) is 5.73 Å².